The lowest BCUT2D eigenvalue weighted by atomic mass is 9.85. The first-order valence-electron chi connectivity index (χ1n) is 9.28. The van der Waals surface area contributed by atoms with Gasteiger partial charge in [-0.3, -0.25) is 19.3 Å². The summed E-state index contributed by atoms with van der Waals surface area (Å²) < 4.78 is 0.912. The van der Waals surface area contributed by atoms with Crippen molar-refractivity contribution < 1.29 is 14.4 Å². The summed E-state index contributed by atoms with van der Waals surface area (Å²) >= 11 is 7.47. The van der Waals surface area contributed by atoms with Crippen molar-refractivity contribution in [3.05, 3.63) is 34.9 Å². The van der Waals surface area contributed by atoms with E-state index < -0.39 is 11.9 Å². The molecule has 144 valence electrons. The molecule has 8 heteroatoms. The van der Waals surface area contributed by atoms with E-state index in [4.69, 9.17) is 11.6 Å². The number of thiazole rings is 1. The topological polar surface area (TPSA) is 79.4 Å². The summed E-state index contributed by atoms with van der Waals surface area (Å²) in [5.41, 5.74) is 1.64. The van der Waals surface area contributed by atoms with Crippen molar-refractivity contribution in [2.24, 2.45) is 23.7 Å². The van der Waals surface area contributed by atoms with E-state index in [9.17, 15) is 14.4 Å². The van der Waals surface area contributed by atoms with Gasteiger partial charge in [0.15, 0.2) is 5.13 Å². The molecule has 1 N–H and O–H groups in total. The molecule has 2 fully saturated rings. The van der Waals surface area contributed by atoms with Gasteiger partial charge in [0, 0.05) is 5.02 Å². The Morgan fingerprint density at radius 2 is 1.89 bits per heavy atom. The third-order valence-corrected chi connectivity index (χ3v) is 7.51. The summed E-state index contributed by atoms with van der Waals surface area (Å²) in [6.07, 6.45) is 4.95. The normalized spacial score (nSPS) is 29.0. The fourth-order valence-electron chi connectivity index (χ4n) is 4.74. The third-order valence-electron chi connectivity index (χ3n) is 6.17. The van der Waals surface area contributed by atoms with E-state index in [1.165, 1.54) is 11.3 Å². The van der Waals surface area contributed by atoms with Crippen molar-refractivity contribution in [3.63, 3.8) is 0 Å². The third kappa shape index (κ3) is 2.46. The number of hydrogen-bond donors (Lipinski definition) is 1. The quantitative estimate of drug-likeness (QED) is 0.615. The van der Waals surface area contributed by atoms with E-state index >= 15 is 0 Å². The van der Waals surface area contributed by atoms with Gasteiger partial charge in [-0.05, 0) is 49.8 Å². The van der Waals surface area contributed by atoms with Gasteiger partial charge in [0.25, 0.3) is 0 Å². The van der Waals surface area contributed by atoms with Crippen LogP contribution in [0.2, 0.25) is 5.02 Å². The summed E-state index contributed by atoms with van der Waals surface area (Å²) in [4.78, 5) is 44.1. The number of hydrogen-bond acceptors (Lipinski definition) is 5. The molecule has 1 aromatic carbocycles. The zero-order chi connectivity index (χ0) is 19.7. The van der Waals surface area contributed by atoms with Crippen LogP contribution in [0.1, 0.15) is 18.9 Å². The SMILES string of the molecule is Cc1cc2sc(NC(=O)[C@H](C)N3C(=O)[C@@H]4[C@@H](C3=O)[C@H]3C=C[C@H]4C3)nc2cc1Cl. The zero-order valence-corrected chi connectivity index (χ0v) is 16.9. The minimum Gasteiger partial charge on any atom is -0.300 e. The average molecular weight is 416 g/mol. The minimum atomic E-state index is -0.873. The van der Waals surface area contributed by atoms with Gasteiger partial charge in [0.2, 0.25) is 17.7 Å². The van der Waals surface area contributed by atoms with E-state index in [-0.39, 0.29) is 35.5 Å². The number of amides is 3. The van der Waals surface area contributed by atoms with E-state index in [1.807, 2.05) is 25.1 Å². The van der Waals surface area contributed by atoms with Crippen LogP contribution in [0.5, 0.6) is 0 Å². The van der Waals surface area contributed by atoms with Crippen LogP contribution in [-0.4, -0.2) is 33.6 Å². The summed E-state index contributed by atoms with van der Waals surface area (Å²) in [6, 6.07) is 2.81. The number of benzene rings is 1. The predicted molar refractivity (Wildman–Crippen MR) is 107 cm³/mol. The first-order chi connectivity index (χ1) is 13.3. The largest absolute Gasteiger partial charge is 0.300 e. The Morgan fingerprint density at radius 1 is 1.25 bits per heavy atom. The maximum atomic E-state index is 12.9. The molecule has 2 bridgehead atoms. The molecule has 0 spiro atoms. The molecule has 2 aromatic rings. The maximum absolute atomic E-state index is 12.9. The van der Waals surface area contributed by atoms with Crippen LogP contribution < -0.4 is 5.32 Å². The summed E-state index contributed by atoms with van der Waals surface area (Å²) in [7, 11) is 0. The van der Waals surface area contributed by atoms with Gasteiger partial charge in [0.05, 0.1) is 22.1 Å². The van der Waals surface area contributed by atoms with Gasteiger partial charge in [-0.25, -0.2) is 4.98 Å². The predicted octanol–water partition coefficient (Wildman–Crippen LogP) is 3.39. The molecule has 0 unspecified atom stereocenters. The number of allylic oxidation sites excluding steroid dienone is 2. The Bertz CT molecular complexity index is 1010. The van der Waals surface area contributed by atoms with E-state index in [1.54, 1.807) is 13.0 Å². The molecule has 3 amide bonds. The number of fused-ring (bicyclic) bond motifs is 6. The molecular formula is C20H18ClN3O3S. The van der Waals surface area contributed by atoms with Crippen molar-refractivity contribution in [3.8, 4) is 0 Å². The Hall–Kier alpha value is -2.25. The lowest BCUT2D eigenvalue weighted by Gasteiger charge is -2.23. The number of nitrogens with zero attached hydrogens (tertiary/aromatic N) is 2. The highest BCUT2D eigenvalue weighted by Crippen LogP contribution is 2.52. The van der Waals surface area contributed by atoms with Gasteiger partial charge in [-0.2, -0.15) is 0 Å². The standard InChI is InChI=1S/C20H18ClN3O3S/c1-8-5-14-13(7-12(8)21)22-20(28-14)23-17(25)9(2)24-18(26)15-10-3-4-11(6-10)16(15)19(24)27/h3-5,7,9-11,15-16H,6H2,1-2H3,(H,22,23,25)/t9-,10-,11-,15-,16-/m0/s1. The van der Waals surface area contributed by atoms with Crippen LogP contribution >= 0.6 is 22.9 Å². The highest BCUT2D eigenvalue weighted by Gasteiger charge is 2.60. The molecule has 1 aliphatic heterocycles. The second-order valence-electron chi connectivity index (χ2n) is 7.80. The molecule has 1 saturated carbocycles. The first-order valence-corrected chi connectivity index (χ1v) is 10.5. The Morgan fingerprint density at radius 3 is 2.54 bits per heavy atom. The van der Waals surface area contributed by atoms with Crippen molar-refractivity contribution in [2.75, 3.05) is 5.32 Å². The van der Waals surface area contributed by atoms with Gasteiger partial charge >= 0.3 is 0 Å². The number of carbonyl (C=O) groups is 3. The fraction of sp³-hybridized carbons (Fsp3) is 0.400. The van der Waals surface area contributed by atoms with Crippen molar-refractivity contribution in [2.45, 2.75) is 26.3 Å². The molecule has 6 nitrogen and oxygen atoms in total. The summed E-state index contributed by atoms with van der Waals surface area (Å²) in [5.74, 6) is -1.20. The second kappa shape index (κ2) is 6.12. The number of halogens is 1. The maximum Gasteiger partial charge on any atom is 0.249 e. The van der Waals surface area contributed by atoms with Crippen molar-refractivity contribution in [1.82, 2.24) is 9.88 Å². The number of nitrogens with one attached hydrogen (secondary N) is 1. The van der Waals surface area contributed by atoms with Crippen molar-refractivity contribution >= 4 is 56.0 Å². The second-order valence-corrected chi connectivity index (χ2v) is 9.24. The first kappa shape index (κ1) is 17.8. The van der Waals surface area contributed by atoms with Crippen LogP contribution in [0, 0.1) is 30.6 Å². The average Bonchev–Trinajstić information content (AvgIpc) is 3.39. The highest BCUT2D eigenvalue weighted by atomic mass is 35.5. The molecule has 2 aliphatic carbocycles. The van der Waals surface area contributed by atoms with Crippen LogP contribution in [0.3, 0.4) is 0 Å². The van der Waals surface area contributed by atoms with Crippen LogP contribution in [0.4, 0.5) is 5.13 Å². The van der Waals surface area contributed by atoms with Gasteiger partial charge in [-0.1, -0.05) is 35.1 Å². The number of rotatable bonds is 3. The van der Waals surface area contributed by atoms with Crippen molar-refractivity contribution in [1.29, 1.82) is 0 Å². The molecule has 5 atom stereocenters. The highest BCUT2D eigenvalue weighted by molar-refractivity contribution is 7.22. The van der Waals surface area contributed by atoms with Gasteiger partial charge in [0.1, 0.15) is 6.04 Å². The van der Waals surface area contributed by atoms with Gasteiger partial charge < -0.3 is 5.32 Å². The van der Waals surface area contributed by atoms with E-state index in [0.29, 0.717) is 15.7 Å². The van der Waals surface area contributed by atoms with Crippen LogP contribution in [0.25, 0.3) is 10.2 Å². The number of carbonyl (C=O) groups excluding carboxylic acids is 3. The van der Waals surface area contributed by atoms with Gasteiger partial charge in [-0.15, -0.1) is 0 Å². The summed E-state index contributed by atoms with van der Waals surface area (Å²) in [6.45, 7) is 3.50. The smallest absolute Gasteiger partial charge is 0.249 e. The van der Waals surface area contributed by atoms with Crippen LogP contribution in [-0.2, 0) is 14.4 Å². The molecule has 2 heterocycles. The minimum absolute atomic E-state index is 0.129. The lowest BCUT2D eigenvalue weighted by molar-refractivity contribution is -0.146. The van der Waals surface area contributed by atoms with E-state index in [0.717, 1.165) is 21.6 Å². The lowest BCUT2D eigenvalue weighted by Crippen LogP contribution is -2.46. The number of aromatic nitrogens is 1. The zero-order valence-electron chi connectivity index (χ0n) is 15.3. The fourth-order valence-corrected chi connectivity index (χ4v) is 5.84. The number of anilines is 1. The Balaban J connectivity index is 1.36. The Kier molecular flexibility index (Phi) is 3.90. The number of imide groups is 1. The molecule has 3 aliphatic rings. The van der Waals surface area contributed by atoms with E-state index in [2.05, 4.69) is 10.3 Å². The molecule has 5 rings (SSSR count). The number of likely N-dealkylation sites (tertiary alicyclic amines) is 1. The Labute approximate surface area is 170 Å². The molecule has 1 saturated heterocycles. The molecule has 0 radical (unpaired) electrons. The molecule has 1 aromatic heterocycles. The van der Waals surface area contributed by atoms with Crippen LogP contribution in [0.15, 0.2) is 24.3 Å². The monoisotopic (exact) mass is 415 g/mol. The molecule has 28 heavy (non-hydrogen) atoms. The number of aryl methyl sites for hydroxylation is 1. The summed E-state index contributed by atoms with van der Waals surface area (Å²) in [5, 5.41) is 3.80. The molecular weight excluding hydrogens is 398 g/mol.